The van der Waals surface area contributed by atoms with Gasteiger partial charge in [-0.05, 0) is 85.9 Å². The molecule has 0 aromatic heterocycles. The normalized spacial score (nSPS) is 56.1. The minimum absolute atomic E-state index is 0.255. The van der Waals surface area contributed by atoms with E-state index in [-0.39, 0.29) is 5.60 Å². The molecule has 4 rings (SSSR count). The summed E-state index contributed by atoms with van der Waals surface area (Å²) < 4.78 is 6.74. The molecular weight excluding hydrogens is 256 g/mol. The molecule has 6 atom stereocenters. The van der Waals surface area contributed by atoms with Crippen LogP contribution in [0.15, 0.2) is 0 Å². The number of ether oxygens (including phenoxy) is 1. The molecule has 3 saturated carbocycles. The molecule has 1 heteroatoms. The van der Waals surface area contributed by atoms with Gasteiger partial charge in [-0.15, -0.1) is 0 Å². The molecular formula is C20H34O. The molecule has 4 aliphatic rings. The van der Waals surface area contributed by atoms with Gasteiger partial charge in [-0.25, -0.2) is 0 Å². The molecule has 0 aromatic carbocycles. The zero-order chi connectivity index (χ0) is 14.9. The Balaban J connectivity index is 1.68. The summed E-state index contributed by atoms with van der Waals surface area (Å²) in [4.78, 5) is 0. The van der Waals surface area contributed by atoms with Crippen molar-refractivity contribution in [3.8, 4) is 0 Å². The Morgan fingerprint density at radius 2 is 1.81 bits per heavy atom. The molecule has 4 fully saturated rings. The summed E-state index contributed by atoms with van der Waals surface area (Å²) in [5.41, 5.74) is 1.23. The van der Waals surface area contributed by atoms with E-state index >= 15 is 0 Å². The summed E-state index contributed by atoms with van der Waals surface area (Å²) >= 11 is 0. The minimum Gasteiger partial charge on any atom is -0.374 e. The lowest BCUT2D eigenvalue weighted by atomic mass is 9.43. The van der Waals surface area contributed by atoms with Crippen molar-refractivity contribution in [2.45, 2.75) is 84.7 Å². The van der Waals surface area contributed by atoms with E-state index in [0.29, 0.717) is 10.8 Å². The summed E-state index contributed by atoms with van der Waals surface area (Å²) in [6, 6.07) is 0. The Labute approximate surface area is 131 Å². The van der Waals surface area contributed by atoms with Crippen molar-refractivity contribution in [2.24, 2.45) is 34.5 Å². The highest BCUT2D eigenvalue weighted by Crippen LogP contribution is 2.70. The van der Waals surface area contributed by atoms with Gasteiger partial charge in [0.05, 0.1) is 12.2 Å². The zero-order valence-corrected chi connectivity index (χ0v) is 14.6. The van der Waals surface area contributed by atoms with Crippen molar-refractivity contribution in [3.63, 3.8) is 0 Å². The molecule has 0 amide bonds. The first kappa shape index (κ1) is 14.5. The lowest BCUT2D eigenvalue weighted by molar-refractivity contribution is -0.197. The topological polar surface area (TPSA) is 9.23 Å². The molecule has 0 radical (unpaired) electrons. The van der Waals surface area contributed by atoms with Crippen molar-refractivity contribution >= 4 is 0 Å². The van der Waals surface area contributed by atoms with Gasteiger partial charge in [0.15, 0.2) is 0 Å². The first-order valence-electron chi connectivity index (χ1n) is 9.55. The van der Waals surface area contributed by atoms with E-state index in [2.05, 4.69) is 27.7 Å². The number of hydrogen-bond acceptors (Lipinski definition) is 1. The molecule has 0 unspecified atom stereocenters. The monoisotopic (exact) mass is 290 g/mol. The van der Waals surface area contributed by atoms with Crippen LogP contribution >= 0.6 is 0 Å². The number of rotatable bonds is 1. The molecule has 120 valence electrons. The summed E-state index contributed by atoms with van der Waals surface area (Å²) in [7, 11) is 0. The van der Waals surface area contributed by atoms with Crippen LogP contribution in [-0.2, 0) is 4.74 Å². The maximum absolute atomic E-state index is 6.74. The van der Waals surface area contributed by atoms with Crippen LogP contribution in [0.1, 0.15) is 79.1 Å². The molecule has 21 heavy (non-hydrogen) atoms. The van der Waals surface area contributed by atoms with Crippen molar-refractivity contribution in [1.82, 2.24) is 0 Å². The molecule has 1 heterocycles. The molecule has 2 bridgehead atoms. The maximum atomic E-state index is 6.74. The van der Waals surface area contributed by atoms with Crippen LogP contribution in [0.25, 0.3) is 0 Å². The molecule has 1 saturated heterocycles. The van der Waals surface area contributed by atoms with Crippen LogP contribution in [0.5, 0.6) is 0 Å². The maximum Gasteiger partial charge on any atom is 0.0772 e. The predicted octanol–water partition coefficient (Wildman–Crippen LogP) is 5.43. The highest BCUT2D eigenvalue weighted by Gasteiger charge is 2.69. The highest BCUT2D eigenvalue weighted by atomic mass is 16.5. The fourth-order valence-corrected chi connectivity index (χ4v) is 7.14. The average Bonchev–Trinajstić information content (AvgIpc) is 2.62. The second kappa shape index (κ2) is 4.49. The smallest absolute Gasteiger partial charge is 0.0772 e. The van der Waals surface area contributed by atoms with E-state index in [1.165, 1.54) is 51.4 Å². The second-order valence-electron chi connectivity index (χ2n) is 9.71. The van der Waals surface area contributed by atoms with Crippen LogP contribution in [0.2, 0.25) is 0 Å². The Hall–Kier alpha value is -0.0400. The van der Waals surface area contributed by atoms with Crippen LogP contribution in [-0.4, -0.2) is 12.2 Å². The fourth-order valence-electron chi connectivity index (χ4n) is 7.14. The summed E-state index contributed by atoms with van der Waals surface area (Å²) in [6.45, 7) is 11.1. The van der Waals surface area contributed by atoms with Crippen molar-refractivity contribution in [3.05, 3.63) is 0 Å². The van der Waals surface area contributed by atoms with Gasteiger partial charge in [0.1, 0.15) is 0 Å². The lowest BCUT2D eigenvalue weighted by Crippen LogP contribution is -2.62. The second-order valence-corrected chi connectivity index (χ2v) is 9.71. The van der Waals surface area contributed by atoms with Crippen LogP contribution in [0, 0.1) is 34.5 Å². The third kappa shape index (κ3) is 1.73. The molecule has 1 aliphatic heterocycles. The van der Waals surface area contributed by atoms with Crippen LogP contribution in [0.4, 0.5) is 0 Å². The van der Waals surface area contributed by atoms with Gasteiger partial charge in [0, 0.05) is 0 Å². The van der Waals surface area contributed by atoms with Gasteiger partial charge in [-0.2, -0.15) is 0 Å². The fraction of sp³-hybridized carbons (Fsp3) is 1.00. The van der Waals surface area contributed by atoms with Gasteiger partial charge >= 0.3 is 0 Å². The van der Waals surface area contributed by atoms with Crippen molar-refractivity contribution < 1.29 is 4.74 Å². The number of hydrogen-bond donors (Lipinski definition) is 0. The quantitative estimate of drug-likeness (QED) is 0.625. The SMILES string of the molecule is CC(C)[C@H]1CC[C@]2(C)[C@H](CC[C@H]3[C@]4(C)CCC[C@]32OC4)C1. The Kier molecular flexibility index (Phi) is 3.11. The molecule has 0 spiro atoms. The Bertz CT molecular complexity index is 430. The van der Waals surface area contributed by atoms with Crippen LogP contribution in [0.3, 0.4) is 0 Å². The third-order valence-electron chi connectivity index (χ3n) is 8.60. The van der Waals surface area contributed by atoms with E-state index in [4.69, 9.17) is 4.74 Å². The predicted molar refractivity (Wildman–Crippen MR) is 87.1 cm³/mol. The van der Waals surface area contributed by atoms with Gasteiger partial charge in [-0.3, -0.25) is 0 Å². The summed E-state index contributed by atoms with van der Waals surface area (Å²) in [5, 5.41) is 0. The summed E-state index contributed by atoms with van der Waals surface area (Å²) in [6.07, 6.45) is 11.4. The van der Waals surface area contributed by atoms with Crippen molar-refractivity contribution in [2.75, 3.05) is 6.61 Å². The van der Waals surface area contributed by atoms with Crippen LogP contribution < -0.4 is 0 Å². The van der Waals surface area contributed by atoms with E-state index in [1.807, 2.05) is 0 Å². The molecule has 3 aliphatic carbocycles. The number of fused-ring (bicyclic) bond motifs is 1. The van der Waals surface area contributed by atoms with E-state index in [9.17, 15) is 0 Å². The average molecular weight is 290 g/mol. The highest BCUT2D eigenvalue weighted by molar-refractivity contribution is 5.18. The standard InChI is InChI=1S/C20H34O/c1-14(2)15-8-11-19(4)16(12-15)6-7-17-18(3)9-5-10-20(17,19)21-13-18/h14-17H,5-13H2,1-4H3/t15-,16+,17-,18+,19+,20-/m0/s1. The van der Waals surface area contributed by atoms with E-state index in [0.717, 1.165) is 30.3 Å². The first-order chi connectivity index (χ1) is 9.91. The van der Waals surface area contributed by atoms with Crippen molar-refractivity contribution in [1.29, 1.82) is 0 Å². The minimum atomic E-state index is 0.255. The van der Waals surface area contributed by atoms with E-state index in [1.54, 1.807) is 0 Å². The first-order valence-corrected chi connectivity index (χ1v) is 9.55. The summed E-state index contributed by atoms with van der Waals surface area (Å²) in [5.74, 6) is 3.62. The van der Waals surface area contributed by atoms with Gasteiger partial charge in [-0.1, -0.05) is 27.7 Å². The van der Waals surface area contributed by atoms with Gasteiger partial charge in [0.25, 0.3) is 0 Å². The molecule has 0 N–H and O–H groups in total. The molecule has 1 nitrogen and oxygen atoms in total. The lowest BCUT2D eigenvalue weighted by Gasteiger charge is -2.62. The van der Waals surface area contributed by atoms with Gasteiger partial charge in [0.2, 0.25) is 0 Å². The third-order valence-corrected chi connectivity index (χ3v) is 8.60. The van der Waals surface area contributed by atoms with E-state index < -0.39 is 0 Å². The molecule has 0 aromatic rings. The zero-order valence-electron chi connectivity index (χ0n) is 14.6. The Morgan fingerprint density at radius 3 is 2.57 bits per heavy atom. The van der Waals surface area contributed by atoms with Gasteiger partial charge < -0.3 is 4.74 Å². The largest absolute Gasteiger partial charge is 0.374 e. The Morgan fingerprint density at radius 1 is 1.00 bits per heavy atom.